The van der Waals surface area contributed by atoms with Gasteiger partial charge in [0.2, 0.25) is 0 Å². The van der Waals surface area contributed by atoms with Crippen molar-refractivity contribution in [2.75, 3.05) is 11.9 Å². The van der Waals surface area contributed by atoms with Gasteiger partial charge in [0.25, 0.3) is 5.56 Å². The summed E-state index contributed by atoms with van der Waals surface area (Å²) >= 11 is 0. The number of nitrogens with zero attached hydrogens (tertiary/aromatic N) is 2. The van der Waals surface area contributed by atoms with E-state index in [4.69, 9.17) is 9.84 Å². The normalized spacial score (nSPS) is 17.3. The quantitative estimate of drug-likeness (QED) is 0.316. The number of fused-ring (bicyclic) bond motifs is 2. The van der Waals surface area contributed by atoms with Gasteiger partial charge in [0.05, 0.1) is 19.1 Å². The average Bonchev–Trinajstić information content (AvgIpc) is 3.51. The lowest BCUT2D eigenvalue weighted by molar-refractivity contribution is -0.137. The van der Waals surface area contributed by atoms with Crippen LogP contribution in [0.25, 0.3) is 22.3 Å². The Morgan fingerprint density at radius 2 is 1.93 bits per heavy atom. The molecular weight excluding hydrogens is 509 g/mol. The Balaban J connectivity index is 1.31. The number of pyridine rings is 2. The molecule has 0 amide bonds. The van der Waals surface area contributed by atoms with Gasteiger partial charge in [-0.05, 0) is 77.8 Å². The van der Waals surface area contributed by atoms with Crippen LogP contribution in [0.5, 0.6) is 5.75 Å². The van der Waals surface area contributed by atoms with Crippen molar-refractivity contribution in [3.05, 3.63) is 98.8 Å². The maximum Gasteiger partial charge on any atom is 0.304 e. The highest BCUT2D eigenvalue weighted by molar-refractivity contribution is 5.80. The number of hydrogen-bond acceptors (Lipinski definition) is 5. The SMILES string of the molecule is Cc1cc(-c2ccn(C)c(=O)c2)cc(C)c1-c1ccc(F)c2c1CC[C@H]2Nc1cc2c(cn1)C(CC(=O)O)CO2. The van der Waals surface area contributed by atoms with Crippen molar-refractivity contribution < 1.29 is 19.0 Å². The minimum Gasteiger partial charge on any atom is -0.492 e. The molecule has 204 valence electrons. The van der Waals surface area contributed by atoms with Gasteiger partial charge in [-0.3, -0.25) is 9.59 Å². The average molecular weight is 540 g/mol. The Morgan fingerprint density at radius 3 is 2.65 bits per heavy atom. The molecule has 4 aromatic rings. The molecule has 6 rings (SSSR count). The number of hydrogen-bond donors (Lipinski definition) is 2. The standard InChI is InChI=1S/C32H30FN3O4/c1-17-10-20(19-8-9-36(3)29(37)12-19)11-18(2)31(17)22-4-6-25(33)32-23(22)5-7-26(32)35-28-14-27-24(15-34-28)21(16-40-27)13-30(38)39/h4,6,8-12,14-15,21,26H,5,7,13,16H2,1-3H3,(H,34,35)(H,38,39)/t21?,26-/m1/s1. The van der Waals surface area contributed by atoms with E-state index in [-0.39, 0.29) is 29.8 Å². The minimum absolute atomic E-state index is 0.00494. The van der Waals surface area contributed by atoms with Crippen LogP contribution in [0.1, 0.15) is 52.6 Å². The van der Waals surface area contributed by atoms with Gasteiger partial charge in [0.15, 0.2) is 0 Å². The zero-order chi connectivity index (χ0) is 28.1. The molecule has 0 saturated carbocycles. The molecule has 2 aromatic heterocycles. The Hall–Kier alpha value is -4.46. The molecule has 0 spiro atoms. The van der Waals surface area contributed by atoms with Crippen molar-refractivity contribution in [1.82, 2.24) is 9.55 Å². The third kappa shape index (κ3) is 4.53. The first-order chi connectivity index (χ1) is 19.2. The number of carboxylic acid groups (broad SMARTS) is 1. The number of nitrogens with one attached hydrogen (secondary N) is 1. The van der Waals surface area contributed by atoms with Gasteiger partial charge in [-0.2, -0.15) is 0 Å². The fourth-order valence-corrected chi connectivity index (χ4v) is 6.17. The number of carboxylic acids is 1. The number of benzene rings is 2. The molecule has 0 bridgehead atoms. The van der Waals surface area contributed by atoms with E-state index in [0.717, 1.165) is 50.9 Å². The zero-order valence-corrected chi connectivity index (χ0v) is 22.6. The van der Waals surface area contributed by atoms with Gasteiger partial charge in [-0.25, -0.2) is 9.37 Å². The smallest absolute Gasteiger partial charge is 0.304 e. The van der Waals surface area contributed by atoms with Gasteiger partial charge < -0.3 is 19.7 Å². The summed E-state index contributed by atoms with van der Waals surface area (Å²) in [6.07, 6.45) is 4.87. The van der Waals surface area contributed by atoms with Gasteiger partial charge in [0.1, 0.15) is 17.4 Å². The van der Waals surface area contributed by atoms with E-state index in [1.54, 1.807) is 36.1 Å². The number of halogens is 1. The summed E-state index contributed by atoms with van der Waals surface area (Å²) in [4.78, 5) is 27.8. The highest BCUT2D eigenvalue weighted by atomic mass is 19.1. The summed E-state index contributed by atoms with van der Waals surface area (Å²) in [5, 5.41) is 12.5. The first-order valence-corrected chi connectivity index (χ1v) is 13.4. The monoisotopic (exact) mass is 539 g/mol. The van der Waals surface area contributed by atoms with Crippen molar-refractivity contribution in [3.63, 3.8) is 0 Å². The van der Waals surface area contributed by atoms with Gasteiger partial charge in [0, 0.05) is 48.6 Å². The molecule has 2 N–H and O–H groups in total. The predicted molar refractivity (Wildman–Crippen MR) is 151 cm³/mol. The molecule has 1 aliphatic carbocycles. The van der Waals surface area contributed by atoms with Gasteiger partial charge in [-0.15, -0.1) is 0 Å². The van der Waals surface area contributed by atoms with Crippen LogP contribution in [-0.4, -0.2) is 27.2 Å². The van der Waals surface area contributed by atoms with E-state index >= 15 is 4.39 Å². The minimum atomic E-state index is -0.872. The molecule has 0 saturated heterocycles. The van der Waals surface area contributed by atoms with Gasteiger partial charge in [-0.1, -0.05) is 18.2 Å². The molecule has 1 aliphatic heterocycles. The Kier molecular flexibility index (Phi) is 6.41. The second kappa shape index (κ2) is 9.93. The van der Waals surface area contributed by atoms with Crippen molar-refractivity contribution in [2.24, 2.45) is 7.05 Å². The highest BCUT2D eigenvalue weighted by Gasteiger charge is 2.31. The number of ether oxygens (including phenoxy) is 1. The second-order valence-corrected chi connectivity index (χ2v) is 10.8. The number of aromatic nitrogens is 2. The van der Waals surface area contributed by atoms with Crippen LogP contribution in [0, 0.1) is 19.7 Å². The van der Waals surface area contributed by atoms with E-state index in [1.165, 1.54) is 6.07 Å². The molecule has 0 fully saturated rings. The molecular formula is C32H30FN3O4. The van der Waals surface area contributed by atoms with Crippen molar-refractivity contribution in [1.29, 1.82) is 0 Å². The van der Waals surface area contributed by atoms with Crippen molar-refractivity contribution in [3.8, 4) is 28.0 Å². The third-order valence-corrected chi connectivity index (χ3v) is 8.09. The molecule has 2 aromatic carbocycles. The van der Waals surface area contributed by atoms with Crippen LogP contribution in [0.3, 0.4) is 0 Å². The van der Waals surface area contributed by atoms with Crippen LogP contribution in [-0.2, 0) is 18.3 Å². The van der Waals surface area contributed by atoms with E-state index in [0.29, 0.717) is 30.2 Å². The van der Waals surface area contributed by atoms with E-state index in [1.807, 2.05) is 12.1 Å². The molecule has 7 nitrogen and oxygen atoms in total. The molecule has 3 heterocycles. The summed E-state index contributed by atoms with van der Waals surface area (Å²) in [7, 11) is 1.73. The number of anilines is 1. The lowest BCUT2D eigenvalue weighted by atomic mass is 9.88. The molecule has 0 radical (unpaired) electrons. The molecule has 40 heavy (non-hydrogen) atoms. The maximum absolute atomic E-state index is 15.3. The summed E-state index contributed by atoms with van der Waals surface area (Å²) in [6, 6.07) is 12.7. The number of aliphatic carboxylic acids is 1. The highest BCUT2D eigenvalue weighted by Crippen LogP contribution is 2.44. The fourth-order valence-electron chi connectivity index (χ4n) is 6.17. The third-order valence-electron chi connectivity index (χ3n) is 8.09. The zero-order valence-electron chi connectivity index (χ0n) is 22.6. The Labute approximate surface area is 231 Å². The number of aryl methyl sites for hydroxylation is 3. The van der Waals surface area contributed by atoms with Crippen LogP contribution in [0.15, 0.2) is 59.7 Å². The first-order valence-electron chi connectivity index (χ1n) is 13.4. The lowest BCUT2D eigenvalue weighted by Crippen LogP contribution is -2.14. The Morgan fingerprint density at radius 1 is 1.15 bits per heavy atom. The van der Waals surface area contributed by atoms with E-state index < -0.39 is 5.97 Å². The van der Waals surface area contributed by atoms with Crippen LogP contribution >= 0.6 is 0 Å². The molecule has 1 unspecified atom stereocenters. The summed E-state index contributed by atoms with van der Waals surface area (Å²) in [5.74, 6) is -0.142. The Bertz CT molecular complexity index is 1710. The predicted octanol–water partition coefficient (Wildman–Crippen LogP) is 5.92. The van der Waals surface area contributed by atoms with Gasteiger partial charge >= 0.3 is 5.97 Å². The van der Waals surface area contributed by atoms with E-state index in [9.17, 15) is 9.59 Å². The first kappa shape index (κ1) is 25.8. The van der Waals surface area contributed by atoms with Crippen LogP contribution < -0.4 is 15.6 Å². The van der Waals surface area contributed by atoms with Crippen LogP contribution in [0.4, 0.5) is 10.2 Å². The molecule has 8 heteroatoms. The maximum atomic E-state index is 15.3. The summed E-state index contributed by atoms with van der Waals surface area (Å²) in [5.41, 5.74) is 8.45. The number of carbonyl (C=O) groups is 1. The van der Waals surface area contributed by atoms with Crippen molar-refractivity contribution in [2.45, 2.75) is 45.1 Å². The largest absolute Gasteiger partial charge is 0.492 e. The topological polar surface area (TPSA) is 93.5 Å². The second-order valence-electron chi connectivity index (χ2n) is 10.8. The van der Waals surface area contributed by atoms with Crippen LogP contribution in [0.2, 0.25) is 0 Å². The summed E-state index contributed by atoms with van der Waals surface area (Å²) < 4.78 is 22.6. The lowest BCUT2D eigenvalue weighted by Gasteiger charge is -2.19. The van der Waals surface area contributed by atoms with Crippen molar-refractivity contribution >= 4 is 11.8 Å². The molecule has 2 atom stereocenters. The number of rotatable bonds is 6. The summed E-state index contributed by atoms with van der Waals surface area (Å²) in [6.45, 7) is 4.42. The fraction of sp³-hybridized carbons (Fsp3) is 0.281. The van der Waals surface area contributed by atoms with E-state index in [2.05, 4.69) is 36.3 Å². The molecule has 2 aliphatic rings.